The second kappa shape index (κ2) is 19.3. The minimum absolute atomic E-state index is 0. The standard InChI is InChI=1S/CH2O2.Na.Pd.H/c2-1-3;;;/h1H,(H,2,3);;;/q;+1;;-1. The van der Waals surface area contributed by atoms with Gasteiger partial charge in [-0.15, -0.1) is 0 Å². The van der Waals surface area contributed by atoms with Crippen LogP contribution in [0.5, 0.6) is 0 Å². The Labute approximate surface area is 67.4 Å². The quantitative estimate of drug-likeness (QED) is 0.312. The number of carbonyl (C=O) groups is 1. The molecule has 1 N–H and O–H groups in total. The van der Waals surface area contributed by atoms with Gasteiger partial charge in [0.1, 0.15) is 0 Å². The van der Waals surface area contributed by atoms with E-state index in [9.17, 15) is 0 Å². The molecule has 0 saturated heterocycles. The van der Waals surface area contributed by atoms with Gasteiger partial charge in [-0.1, -0.05) is 0 Å². The Bertz CT molecular complexity index is 21.0. The smallest absolute Gasteiger partial charge is 1.00 e. The summed E-state index contributed by atoms with van der Waals surface area (Å²) in [5.41, 5.74) is 0. The maximum Gasteiger partial charge on any atom is 1.00 e. The van der Waals surface area contributed by atoms with E-state index in [0.717, 1.165) is 0 Å². The van der Waals surface area contributed by atoms with Crippen LogP contribution in [0.4, 0.5) is 0 Å². The van der Waals surface area contributed by atoms with Crippen molar-refractivity contribution < 1.29 is 61.3 Å². The fraction of sp³-hybridized carbons (Fsp3) is 0. The summed E-state index contributed by atoms with van der Waals surface area (Å²) in [6.07, 6.45) is 0. The van der Waals surface area contributed by atoms with Gasteiger partial charge >= 0.3 is 29.6 Å². The first-order valence-corrected chi connectivity index (χ1v) is 0.494. The van der Waals surface area contributed by atoms with E-state index in [-0.39, 0.29) is 57.9 Å². The van der Waals surface area contributed by atoms with Crippen LogP contribution in [0.3, 0.4) is 0 Å². The van der Waals surface area contributed by atoms with Crippen molar-refractivity contribution in [2.75, 3.05) is 0 Å². The summed E-state index contributed by atoms with van der Waals surface area (Å²) in [5, 5.41) is 6.89. The van der Waals surface area contributed by atoms with E-state index in [2.05, 4.69) is 0 Å². The second-order valence-electron chi connectivity index (χ2n) is 0.105. The van der Waals surface area contributed by atoms with Crippen molar-refractivity contribution in [2.45, 2.75) is 0 Å². The van der Waals surface area contributed by atoms with Gasteiger partial charge in [-0.2, -0.15) is 0 Å². The van der Waals surface area contributed by atoms with Crippen LogP contribution in [0.2, 0.25) is 0 Å². The fourth-order valence-corrected chi connectivity index (χ4v) is 0. The van der Waals surface area contributed by atoms with Crippen LogP contribution in [-0.4, -0.2) is 11.6 Å². The molecule has 5 heavy (non-hydrogen) atoms. The normalized spacial score (nSPS) is 2.40. The van der Waals surface area contributed by atoms with Gasteiger partial charge in [0.15, 0.2) is 0 Å². The van der Waals surface area contributed by atoms with Crippen LogP contribution in [0.25, 0.3) is 0 Å². The summed E-state index contributed by atoms with van der Waals surface area (Å²) in [6, 6.07) is 0. The molecular weight excluding hydrogens is 173 g/mol. The Kier molecular flexibility index (Phi) is 63.5. The molecule has 0 heterocycles. The Morgan fingerprint density at radius 3 is 1.80 bits per heavy atom. The summed E-state index contributed by atoms with van der Waals surface area (Å²) >= 11 is 0. The molecule has 0 aromatic carbocycles. The molecule has 30 valence electrons. The van der Waals surface area contributed by atoms with Crippen LogP contribution in [0, 0.1) is 0 Å². The van der Waals surface area contributed by atoms with Crippen molar-refractivity contribution >= 4 is 6.47 Å². The first-order valence-electron chi connectivity index (χ1n) is 0.494. The number of hydrogen-bond acceptors (Lipinski definition) is 1. The van der Waals surface area contributed by atoms with E-state index >= 15 is 0 Å². The molecule has 0 atom stereocenters. The van der Waals surface area contributed by atoms with Crippen LogP contribution in [0.15, 0.2) is 0 Å². The summed E-state index contributed by atoms with van der Waals surface area (Å²) in [5.74, 6) is 0. The van der Waals surface area contributed by atoms with Gasteiger partial charge in [-0.25, -0.2) is 0 Å². The molecular formula is CH3NaO2Pd. The summed E-state index contributed by atoms with van der Waals surface area (Å²) in [4.78, 5) is 8.36. The molecule has 0 radical (unpaired) electrons. The third kappa shape index (κ3) is 39.3. The van der Waals surface area contributed by atoms with Gasteiger partial charge in [-0.3, -0.25) is 4.79 Å². The maximum atomic E-state index is 8.36. The minimum atomic E-state index is -0.250. The molecule has 0 rings (SSSR count). The van der Waals surface area contributed by atoms with Gasteiger partial charge in [0.25, 0.3) is 6.47 Å². The monoisotopic (exact) mass is 176 g/mol. The van der Waals surface area contributed by atoms with Crippen molar-refractivity contribution in [3.63, 3.8) is 0 Å². The van der Waals surface area contributed by atoms with Crippen LogP contribution in [0.1, 0.15) is 1.43 Å². The van der Waals surface area contributed by atoms with Gasteiger partial charge < -0.3 is 6.53 Å². The van der Waals surface area contributed by atoms with Crippen LogP contribution >= 0.6 is 0 Å². The van der Waals surface area contributed by atoms with E-state index in [1.807, 2.05) is 0 Å². The predicted molar refractivity (Wildman–Crippen MR) is 9.80 cm³/mol. The average Bonchev–Trinajstić information content (AvgIpc) is 0.918. The minimum Gasteiger partial charge on any atom is -1.00 e. The van der Waals surface area contributed by atoms with E-state index < -0.39 is 0 Å². The Hall–Kier alpha value is 1.13. The first-order chi connectivity index (χ1) is 1.41. The summed E-state index contributed by atoms with van der Waals surface area (Å²) in [6.45, 7) is -0.250. The SMILES string of the molecule is O=CO.[H-].[Na+].[Pd]. The van der Waals surface area contributed by atoms with Crippen LogP contribution in [-0.2, 0) is 25.2 Å². The molecule has 2 nitrogen and oxygen atoms in total. The molecule has 0 unspecified atom stereocenters. The summed E-state index contributed by atoms with van der Waals surface area (Å²) in [7, 11) is 0. The zero-order valence-electron chi connectivity index (χ0n) is 3.75. The van der Waals surface area contributed by atoms with Crippen LogP contribution < -0.4 is 29.6 Å². The van der Waals surface area contributed by atoms with Crippen molar-refractivity contribution in [3.8, 4) is 0 Å². The number of hydrogen-bond donors (Lipinski definition) is 1. The van der Waals surface area contributed by atoms with Gasteiger partial charge in [0, 0.05) is 20.4 Å². The third-order valence-electron chi connectivity index (χ3n) is 0. The molecule has 0 aliphatic carbocycles. The largest absolute Gasteiger partial charge is 1.00 e. The molecule has 0 spiro atoms. The predicted octanol–water partition coefficient (Wildman–Crippen LogP) is -3.19. The molecule has 0 fully saturated rings. The number of carboxylic acid groups (broad SMARTS) is 1. The van der Waals surface area contributed by atoms with Crippen molar-refractivity contribution in [2.24, 2.45) is 0 Å². The Morgan fingerprint density at radius 1 is 1.80 bits per heavy atom. The summed E-state index contributed by atoms with van der Waals surface area (Å²) < 4.78 is 0. The van der Waals surface area contributed by atoms with E-state index in [0.29, 0.717) is 0 Å². The molecule has 0 aliphatic rings. The van der Waals surface area contributed by atoms with Crippen molar-refractivity contribution in [3.05, 3.63) is 0 Å². The van der Waals surface area contributed by atoms with E-state index in [1.165, 1.54) is 0 Å². The Balaban J connectivity index is -0.00000000667. The average molecular weight is 176 g/mol. The molecule has 0 amide bonds. The number of rotatable bonds is 0. The van der Waals surface area contributed by atoms with Gasteiger partial charge in [-0.05, 0) is 0 Å². The van der Waals surface area contributed by atoms with E-state index in [1.54, 1.807) is 0 Å². The topological polar surface area (TPSA) is 37.3 Å². The molecule has 0 saturated carbocycles. The molecule has 4 heteroatoms. The van der Waals surface area contributed by atoms with Crippen molar-refractivity contribution in [1.29, 1.82) is 0 Å². The Morgan fingerprint density at radius 2 is 1.80 bits per heavy atom. The van der Waals surface area contributed by atoms with Gasteiger partial charge in [0.05, 0.1) is 0 Å². The van der Waals surface area contributed by atoms with E-state index in [4.69, 9.17) is 9.90 Å². The van der Waals surface area contributed by atoms with Crippen molar-refractivity contribution in [1.82, 2.24) is 0 Å². The zero-order chi connectivity index (χ0) is 2.71. The maximum absolute atomic E-state index is 8.36. The molecule has 0 aromatic heterocycles. The zero-order valence-corrected chi connectivity index (χ0v) is 6.30. The molecule has 0 bridgehead atoms. The first kappa shape index (κ1) is 16.5. The molecule has 0 aromatic rings. The second-order valence-corrected chi connectivity index (χ2v) is 0.105. The molecule has 0 aliphatic heterocycles. The van der Waals surface area contributed by atoms with Gasteiger partial charge in [0.2, 0.25) is 0 Å². The fourth-order valence-electron chi connectivity index (χ4n) is 0. The third-order valence-corrected chi connectivity index (χ3v) is 0.